The van der Waals surface area contributed by atoms with Gasteiger partial charge in [0.1, 0.15) is 0 Å². The van der Waals surface area contributed by atoms with E-state index in [4.69, 9.17) is 9.47 Å². The van der Waals surface area contributed by atoms with Crippen molar-refractivity contribution in [3.05, 3.63) is 149 Å². The van der Waals surface area contributed by atoms with Gasteiger partial charge in [-0.3, -0.25) is 19.4 Å². The second-order valence-corrected chi connectivity index (χ2v) is 12.8. The van der Waals surface area contributed by atoms with Gasteiger partial charge in [0, 0.05) is 52.6 Å². The van der Waals surface area contributed by atoms with Crippen LogP contribution in [-0.2, 0) is 25.9 Å². The quantitative estimate of drug-likeness (QED) is 0.0988. The summed E-state index contributed by atoms with van der Waals surface area (Å²) >= 11 is 3.21. The van der Waals surface area contributed by atoms with Gasteiger partial charge in [-0.25, -0.2) is 0 Å². The largest absolute Gasteiger partial charge is 0.454 e. The number of thioether (sulfide) groups is 1. The molecule has 0 aliphatic carbocycles. The molecule has 0 fully saturated rings. The number of carbonyl (C=O) groups excluding carboxylic acids is 1. The van der Waals surface area contributed by atoms with Crippen LogP contribution in [0.2, 0.25) is 0 Å². The number of hydrogen-bond acceptors (Lipinski definition) is 7. The Bertz CT molecular complexity index is 1670. The summed E-state index contributed by atoms with van der Waals surface area (Å²) in [5.41, 5.74) is 5.32. The minimum absolute atomic E-state index is 0.105. The van der Waals surface area contributed by atoms with Crippen molar-refractivity contribution in [2.75, 3.05) is 19.1 Å². The van der Waals surface area contributed by atoms with Gasteiger partial charge in [0.05, 0.1) is 0 Å². The second kappa shape index (κ2) is 15.7. The lowest BCUT2D eigenvalue weighted by Crippen LogP contribution is -2.25. The zero-order chi connectivity index (χ0) is 30.7. The van der Waals surface area contributed by atoms with Gasteiger partial charge >= 0.3 is 0 Å². The van der Waals surface area contributed by atoms with Gasteiger partial charge in [-0.1, -0.05) is 54.6 Å². The summed E-state index contributed by atoms with van der Waals surface area (Å²) in [6, 6.07) is 38.9. The molecular formula is C37H35N3O3S2. The fourth-order valence-corrected chi connectivity index (χ4v) is 6.58. The number of ether oxygens (including phenoxy) is 2. The number of benzene rings is 4. The third-order valence-corrected chi connectivity index (χ3v) is 9.25. The molecule has 5 aromatic rings. The van der Waals surface area contributed by atoms with Crippen LogP contribution in [0.1, 0.15) is 32.7 Å². The van der Waals surface area contributed by atoms with E-state index in [1.54, 1.807) is 0 Å². The van der Waals surface area contributed by atoms with E-state index < -0.39 is 0 Å². The summed E-state index contributed by atoms with van der Waals surface area (Å²) in [6.07, 6.45) is 3.58. The zero-order valence-electron chi connectivity index (χ0n) is 24.9. The van der Waals surface area contributed by atoms with E-state index in [2.05, 4.69) is 75.3 Å². The van der Waals surface area contributed by atoms with Gasteiger partial charge in [-0.2, -0.15) is 0 Å². The number of nitrogens with zero attached hydrogens (tertiary/aromatic N) is 2. The summed E-state index contributed by atoms with van der Waals surface area (Å²) < 4.78 is 14.1. The number of carbonyl (C=O) groups is 1. The standard InChI is InChI=1S/C37H35N3O3S2/c41-37(31-15-9-28(10-16-31)11-17-32-6-4-5-21-38-32)39-45-34-18-12-29(13-19-34)25-40(22-23-44-33-7-2-1-3-8-33)26-30-14-20-35-36(24-30)43-27-42-35/h1-10,12-16,18-21,24H,11,17,22-23,25-27H2,(H,39,41). The molecule has 1 aliphatic heterocycles. The first-order chi connectivity index (χ1) is 22.2. The molecule has 0 radical (unpaired) electrons. The van der Waals surface area contributed by atoms with Crippen LogP contribution in [0.3, 0.4) is 0 Å². The molecule has 1 aliphatic rings. The van der Waals surface area contributed by atoms with Gasteiger partial charge in [-0.15, -0.1) is 11.8 Å². The molecule has 0 unspecified atom stereocenters. The highest BCUT2D eigenvalue weighted by atomic mass is 32.2. The average molecular weight is 634 g/mol. The van der Waals surface area contributed by atoms with Gasteiger partial charge in [-0.05, 0) is 102 Å². The molecule has 1 aromatic heterocycles. The Labute approximate surface area is 273 Å². The number of aromatic nitrogens is 1. The fraction of sp³-hybridized carbons (Fsp3) is 0.189. The molecule has 0 atom stereocenters. The van der Waals surface area contributed by atoms with Crippen molar-refractivity contribution >= 4 is 29.6 Å². The molecule has 0 saturated heterocycles. The predicted molar refractivity (Wildman–Crippen MR) is 182 cm³/mol. The van der Waals surface area contributed by atoms with Crippen molar-refractivity contribution in [3.8, 4) is 11.5 Å². The molecule has 4 aromatic carbocycles. The smallest absolute Gasteiger partial charge is 0.261 e. The third-order valence-electron chi connectivity index (χ3n) is 7.47. The maximum absolute atomic E-state index is 12.8. The second-order valence-electron chi connectivity index (χ2n) is 10.8. The summed E-state index contributed by atoms with van der Waals surface area (Å²) in [6.45, 7) is 2.83. The van der Waals surface area contributed by atoms with E-state index in [1.165, 1.54) is 33.5 Å². The number of pyridine rings is 1. The monoisotopic (exact) mass is 633 g/mol. The van der Waals surface area contributed by atoms with E-state index in [9.17, 15) is 4.79 Å². The lowest BCUT2D eigenvalue weighted by atomic mass is 10.1. The van der Waals surface area contributed by atoms with Crippen LogP contribution in [0.4, 0.5) is 0 Å². The molecular weight excluding hydrogens is 599 g/mol. The van der Waals surface area contributed by atoms with E-state index in [0.29, 0.717) is 5.56 Å². The number of nitrogens with one attached hydrogen (secondary N) is 1. The van der Waals surface area contributed by atoms with Crippen LogP contribution in [0.15, 0.2) is 131 Å². The van der Waals surface area contributed by atoms with E-state index in [0.717, 1.165) is 60.3 Å². The molecule has 2 heterocycles. The van der Waals surface area contributed by atoms with Crippen LogP contribution < -0.4 is 14.2 Å². The van der Waals surface area contributed by atoms with Crippen LogP contribution in [-0.4, -0.2) is 34.9 Å². The molecule has 6 nitrogen and oxygen atoms in total. The van der Waals surface area contributed by atoms with Crippen LogP contribution >= 0.6 is 23.7 Å². The minimum Gasteiger partial charge on any atom is -0.454 e. The van der Waals surface area contributed by atoms with Crippen LogP contribution in [0, 0.1) is 0 Å². The summed E-state index contributed by atoms with van der Waals surface area (Å²) in [5, 5.41) is 0. The molecule has 0 spiro atoms. The molecule has 1 N–H and O–H groups in total. The van der Waals surface area contributed by atoms with Crippen molar-refractivity contribution in [2.45, 2.75) is 35.7 Å². The maximum atomic E-state index is 12.8. The highest BCUT2D eigenvalue weighted by Gasteiger charge is 2.15. The summed E-state index contributed by atoms with van der Waals surface area (Å²) in [7, 11) is 0. The molecule has 6 rings (SSSR count). The third kappa shape index (κ3) is 9.14. The van der Waals surface area contributed by atoms with Crippen molar-refractivity contribution in [2.24, 2.45) is 0 Å². The normalized spacial score (nSPS) is 11.9. The maximum Gasteiger partial charge on any atom is 0.261 e. The van der Waals surface area contributed by atoms with E-state index in [1.807, 2.05) is 72.6 Å². The highest BCUT2D eigenvalue weighted by molar-refractivity contribution is 7.99. The molecule has 0 saturated carbocycles. The van der Waals surface area contributed by atoms with Gasteiger partial charge < -0.3 is 9.47 Å². The average Bonchev–Trinajstić information content (AvgIpc) is 3.56. The minimum atomic E-state index is -0.105. The molecule has 228 valence electrons. The molecule has 8 heteroatoms. The first kappa shape index (κ1) is 30.8. The number of fused-ring (bicyclic) bond motifs is 1. The van der Waals surface area contributed by atoms with E-state index >= 15 is 0 Å². The Hall–Kier alpha value is -4.24. The van der Waals surface area contributed by atoms with Crippen molar-refractivity contribution in [1.29, 1.82) is 0 Å². The van der Waals surface area contributed by atoms with Gasteiger partial charge in [0.2, 0.25) is 6.79 Å². The Kier molecular flexibility index (Phi) is 10.7. The van der Waals surface area contributed by atoms with Crippen LogP contribution in [0.25, 0.3) is 0 Å². The summed E-state index contributed by atoms with van der Waals surface area (Å²) in [4.78, 5) is 21.9. The Morgan fingerprint density at radius 3 is 2.27 bits per heavy atom. The van der Waals surface area contributed by atoms with Crippen LogP contribution in [0.5, 0.6) is 11.5 Å². The fourth-order valence-electron chi connectivity index (χ4n) is 5.05. The number of hydrogen-bond donors (Lipinski definition) is 1. The molecule has 45 heavy (non-hydrogen) atoms. The van der Waals surface area contributed by atoms with Crippen molar-refractivity contribution in [1.82, 2.24) is 14.6 Å². The lowest BCUT2D eigenvalue weighted by Gasteiger charge is -2.23. The lowest BCUT2D eigenvalue weighted by molar-refractivity contribution is 0.0984. The molecule has 0 bridgehead atoms. The van der Waals surface area contributed by atoms with Gasteiger partial charge in [0.25, 0.3) is 5.91 Å². The Morgan fingerprint density at radius 1 is 0.733 bits per heavy atom. The SMILES string of the molecule is O=C(NSc1ccc(CN(CCSc2ccccc2)Cc2ccc3c(c2)OCO3)cc1)c1ccc(CCc2ccccn2)cc1. The highest BCUT2D eigenvalue weighted by Crippen LogP contribution is 2.33. The number of rotatable bonds is 14. The topological polar surface area (TPSA) is 63.7 Å². The molecule has 1 amide bonds. The Morgan fingerprint density at radius 2 is 1.47 bits per heavy atom. The predicted octanol–water partition coefficient (Wildman–Crippen LogP) is 7.83. The number of aryl methyl sites for hydroxylation is 2. The Balaban J connectivity index is 1.01. The van der Waals surface area contributed by atoms with Crippen molar-refractivity contribution in [3.63, 3.8) is 0 Å². The first-order valence-electron chi connectivity index (χ1n) is 15.0. The van der Waals surface area contributed by atoms with Gasteiger partial charge in [0.15, 0.2) is 11.5 Å². The van der Waals surface area contributed by atoms with Crippen molar-refractivity contribution < 1.29 is 14.3 Å². The number of amides is 1. The summed E-state index contributed by atoms with van der Waals surface area (Å²) in [5.74, 6) is 2.50. The first-order valence-corrected chi connectivity index (χ1v) is 16.8. The zero-order valence-corrected chi connectivity index (χ0v) is 26.6. The van der Waals surface area contributed by atoms with E-state index in [-0.39, 0.29) is 12.7 Å².